The molecule has 1 aromatic rings. The van der Waals surface area contributed by atoms with E-state index in [1.54, 1.807) is 6.07 Å². The summed E-state index contributed by atoms with van der Waals surface area (Å²) in [4.78, 5) is 0.379. The number of sulfonamides is 1. The van der Waals surface area contributed by atoms with Crippen molar-refractivity contribution in [3.8, 4) is 0 Å². The lowest BCUT2D eigenvalue weighted by Gasteiger charge is -2.13. The van der Waals surface area contributed by atoms with Crippen LogP contribution in [0.15, 0.2) is 21.5 Å². The predicted octanol–water partition coefficient (Wildman–Crippen LogP) is 2.94. The molecule has 1 fully saturated rings. The van der Waals surface area contributed by atoms with Gasteiger partial charge in [-0.2, -0.15) is 0 Å². The molecular formula is C15H23BrN2O2S. The van der Waals surface area contributed by atoms with E-state index in [9.17, 15) is 8.42 Å². The number of rotatable bonds is 7. The standard InChI is InChI=1S/C15H23BrN2O2S/c1-4-5-12-8-14(12)18-21(19,20)15-7-11(9-17-3)6-13(16)10(15)2/h6-7,12,14,17-18H,4-5,8-9H2,1-3H3. The van der Waals surface area contributed by atoms with Gasteiger partial charge in [0.05, 0.1) is 4.90 Å². The van der Waals surface area contributed by atoms with Crippen LogP contribution in [0, 0.1) is 12.8 Å². The van der Waals surface area contributed by atoms with E-state index in [1.165, 1.54) is 0 Å². The van der Waals surface area contributed by atoms with Gasteiger partial charge in [0, 0.05) is 17.1 Å². The van der Waals surface area contributed by atoms with Crippen molar-refractivity contribution < 1.29 is 8.42 Å². The Morgan fingerprint density at radius 2 is 2.10 bits per heavy atom. The van der Waals surface area contributed by atoms with E-state index < -0.39 is 10.0 Å². The molecule has 2 atom stereocenters. The molecule has 0 bridgehead atoms. The van der Waals surface area contributed by atoms with Crippen molar-refractivity contribution in [3.63, 3.8) is 0 Å². The molecule has 1 saturated carbocycles. The highest BCUT2D eigenvalue weighted by molar-refractivity contribution is 9.10. The highest BCUT2D eigenvalue weighted by Crippen LogP contribution is 2.36. The van der Waals surface area contributed by atoms with Crippen LogP contribution < -0.4 is 10.0 Å². The van der Waals surface area contributed by atoms with Crippen molar-refractivity contribution in [1.29, 1.82) is 0 Å². The molecule has 0 heterocycles. The van der Waals surface area contributed by atoms with E-state index in [4.69, 9.17) is 0 Å². The van der Waals surface area contributed by atoms with Crippen LogP contribution in [0.3, 0.4) is 0 Å². The summed E-state index contributed by atoms with van der Waals surface area (Å²) in [6, 6.07) is 3.83. The largest absolute Gasteiger partial charge is 0.316 e. The summed E-state index contributed by atoms with van der Waals surface area (Å²) in [5.41, 5.74) is 1.71. The highest BCUT2D eigenvalue weighted by atomic mass is 79.9. The van der Waals surface area contributed by atoms with E-state index in [0.29, 0.717) is 17.4 Å². The molecule has 1 aliphatic carbocycles. The lowest BCUT2D eigenvalue weighted by molar-refractivity contribution is 0.572. The first-order chi connectivity index (χ1) is 9.89. The summed E-state index contributed by atoms with van der Waals surface area (Å²) in [5, 5.41) is 3.05. The molecular weight excluding hydrogens is 352 g/mol. The Balaban J connectivity index is 2.23. The number of halogens is 1. The second-order valence-electron chi connectivity index (χ2n) is 5.74. The summed E-state index contributed by atoms with van der Waals surface area (Å²) in [7, 11) is -1.60. The summed E-state index contributed by atoms with van der Waals surface area (Å²) in [6.45, 7) is 4.61. The first kappa shape index (κ1) is 16.9. The third-order valence-electron chi connectivity index (χ3n) is 3.92. The molecule has 118 valence electrons. The SMILES string of the molecule is CCCC1CC1NS(=O)(=O)c1cc(CNC)cc(Br)c1C. The fraction of sp³-hybridized carbons (Fsp3) is 0.600. The summed E-state index contributed by atoms with van der Waals surface area (Å²) < 4.78 is 28.9. The van der Waals surface area contributed by atoms with Crippen LogP contribution in [-0.2, 0) is 16.6 Å². The quantitative estimate of drug-likeness (QED) is 0.771. The van der Waals surface area contributed by atoms with Crippen LogP contribution in [-0.4, -0.2) is 21.5 Å². The number of hydrogen-bond acceptors (Lipinski definition) is 3. The van der Waals surface area contributed by atoms with Gasteiger partial charge >= 0.3 is 0 Å². The molecule has 0 radical (unpaired) electrons. The lowest BCUT2D eigenvalue weighted by Crippen LogP contribution is -2.28. The number of benzene rings is 1. The maximum Gasteiger partial charge on any atom is 0.241 e. The molecule has 2 rings (SSSR count). The minimum Gasteiger partial charge on any atom is -0.316 e. The Morgan fingerprint density at radius 1 is 1.38 bits per heavy atom. The first-order valence-electron chi connectivity index (χ1n) is 7.35. The Labute approximate surface area is 135 Å². The van der Waals surface area contributed by atoms with Gasteiger partial charge in [-0.05, 0) is 56.0 Å². The first-order valence-corrected chi connectivity index (χ1v) is 9.62. The van der Waals surface area contributed by atoms with Gasteiger partial charge < -0.3 is 5.32 Å². The van der Waals surface area contributed by atoms with Gasteiger partial charge in [0.25, 0.3) is 0 Å². The van der Waals surface area contributed by atoms with Crippen LogP contribution >= 0.6 is 15.9 Å². The molecule has 21 heavy (non-hydrogen) atoms. The highest BCUT2D eigenvalue weighted by Gasteiger charge is 2.39. The molecule has 2 N–H and O–H groups in total. The minimum atomic E-state index is -3.45. The Kier molecular flexibility index (Phi) is 5.46. The molecule has 6 heteroatoms. The van der Waals surface area contributed by atoms with Gasteiger partial charge in [-0.1, -0.05) is 29.3 Å². The van der Waals surface area contributed by atoms with Gasteiger partial charge in [-0.15, -0.1) is 0 Å². The van der Waals surface area contributed by atoms with E-state index in [1.807, 2.05) is 20.0 Å². The second kappa shape index (κ2) is 6.77. The molecule has 0 spiro atoms. The van der Waals surface area contributed by atoms with Crippen molar-refractivity contribution in [1.82, 2.24) is 10.0 Å². The topological polar surface area (TPSA) is 58.2 Å². The van der Waals surface area contributed by atoms with Crippen molar-refractivity contribution >= 4 is 26.0 Å². The summed E-state index contributed by atoms with van der Waals surface area (Å²) in [5.74, 6) is 0.508. The van der Waals surface area contributed by atoms with Crippen molar-refractivity contribution in [2.45, 2.75) is 50.6 Å². The maximum atomic E-state index is 12.6. The second-order valence-corrected chi connectivity index (χ2v) is 8.28. The normalized spacial score (nSPS) is 21.5. The van der Waals surface area contributed by atoms with Gasteiger partial charge in [-0.3, -0.25) is 0 Å². The minimum absolute atomic E-state index is 0.112. The molecule has 2 unspecified atom stereocenters. The van der Waals surface area contributed by atoms with E-state index in [2.05, 4.69) is 32.9 Å². The fourth-order valence-electron chi connectivity index (χ4n) is 2.64. The van der Waals surface area contributed by atoms with Crippen LogP contribution in [0.25, 0.3) is 0 Å². The summed E-state index contributed by atoms with van der Waals surface area (Å²) >= 11 is 3.46. The smallest absolute Gasteiger partial charge is 0.241 e. The third-order valence-corrected chi connectivity index (χ3v) is 6.36. The lowest BCUT2D eigenvalue weighted by atomic mass is 10.1. The average molecular weight is 375 g/mol. The van der Waals surface area contributed by atoms with E-state index >= 15 is 0 Å². The third kappa shape index (κ3) is 4.06. The van der Waals surface area contributed by atoms with Crippen molar-refractivity contribution in [2.24, 2.45) is 5.92 Å². The zero-order valence-electron chi connectivity index (χ0n) is 12.7. The monoisotopic (exact) mass is 374 g/mol. The molecule has 0 saturated heterocycles. The van der Waals surface area contributed by atoms with E-state index in [-0.39, 0.29) is 6.04 Å². The van der Waals surface area contributed by atoms with Gasteiger partial charge in [0.1, 0.15) is 0 Å². The Morgan fingerprint density at radius 3 is 2.71 bits per heavy atom. The van der Waals surface area contributed by atoms with Crippen molar-refractivity contribution in [2.75, 3.05) is 7.05 Å². The van der Waals surface area contributed by atoms with Crippen LogP contribution in [0.1, 0.15) is 37.3 Å². The zero-order chi connectivity index (χ0) is 15.6. The van der Waals surface area contributed by atoms with Crippen LogP contribution in [0.4, 0.5) is 0 Å². The average Bonchev–Trinajstić information content (AvgIpc) is 3.11. The van der Waals surface area contributed by atoms with Gasteiger partial charge in [-0.25, -0.2) is 13.1 Å². The van der Waals surface area contributed by atoms with Crippen molar-refractivity contribution in [3.05, 3.63) is 27.7 Å². The molecule has 1 aliphatic rings. The molecule has 4 nitrogen and oxygen atoms in total. The molecule has 0 aromatic heterocycles. The Hall–Kier alpha value is -0.430. The molecule has 0 amide bonds. The fourth-order valence-corrected chi connectivity index (χ4v) is 4.91. The van der Waals surface area contributed by atoms with Crippen LogP contribution in [0.5, 0.6) is 0 Å². The Bertz CT molecular complexity index is 616. The van der Waals surface area contributed by atoms with E-state index in [0.717, 1.165) is 34.9 Å². The number of hydrogen-bond donors (Lipinski definition) is 2. The molecule has 1 aromatic carbocycles. The molecule has 0 aliphatic heterocycles. The summed E-state index contributed by atoms with van der Waals surface area (Å²) in [6.07, 6.45) is 3.16. The van der Waals surface area contributed by atoms with Crippen LogP contribution in [0.2, 0.25) is 0 Å². The van der Waals surface area contributed by atoms with Gasteiger partial charge in [0.2, 0.25) is 10.0 Å². The predicted molar refractivity (Wildman–Crippen MR) is 88.8 cm³/mol. The maximum absolute atomic E-state index is 12.6. The van der Waals surface area contributed by atoms with Gasteiger partial charge in [0.15, 0.2) is 0 Å². The zero-order valence-corrected chi connectivity index (χ0v) is 15.1. The number of nitrogens with one attached hydrogen (secondary N) is 2.